The Morgan fingerprint density at radius 1 is 1.00 bits per heavy atom. The predicted molar refractivity (Wildman–Crippen MR) is 114 cm³/mol. The van der Waals surface area contributed by atoms with Crippen molar-refractivity contribution >= 4 is 11.8 Å². The van der Waals surface area contributed by atoms with Gasteiger partial charge in [-0.3, -0.25) is 4.79 Å². The average Bonchev–Trinajstić information content (AvgIpc) is 2.78. The molecular formula is C23H24O12. The molecule has 0 aliphatic carbocycles. The van der Waals surface area contributed by atoms with Gasteiger partial charge in [0.25, 0.3) is 0 Å². The van der Waals surface area contributed by atoms with Gasteiger partial charge in [-0.1, -0.05) is 0 Å². The molecule has 2 aromatic carbocycles. The summed E-state index contributed by atoms with van der Waals surface area (Å²) in [5, 5.41) is 60.4. The molecule has 2 heterocycles. The number of Topliss-reactive ketones (excluding diaryl/α,β-unsaturated/α-hetero) is 1. The zero-order valence-electron chi connectivity index (χ0n) is 18.4. The number of phenols is 3. The molecule has 0 aromatic heterocycles. The Morgan fingerprint density at radius 3 is 2.34 bits per heavy atom. The second-order valence-corrected chi connectivity index (χ2v) is 8.10. The third-order valence-electron chi connectivity index (χ3n) is 5.61. The maximum atomic E-state index is 12.7. The first kappa shape index (κ1) is 24.5. The van der Waals surface area contributed by atoms with Gasteiger partial charge in [0.15, 0.2) is 11.9 Å². The molecule has 12 nitrogen and oxygen atoms in total. The number of aliphatic hydroxyl groups is 3. The number of carbonyl (C=O) groups excluding carboxylic acids is 2. The Morgan fingerprint density at radius 2 is 1.69 bits per heavy atom. The number of carbonyl (C=O) groups is 2. The van der Waals surface area contributed by atoms with Crippen LogP contribution >= 0.6 is 0 Å². The molecule has 35 heavy (non-hydrogen) atoms. The van der Waals surface area contributed by atoms with Gasteiger partial charge in [-0.2, -0.15) is 0 Å². The van der Waals surface area contributed by atoms with Crippen LogP contribution in [0.4, 0.5) is 0 Å². The van der Waals surface area contributed by atoms with Crippen LogP contribution in [0, 0.1) is 0 Å². The van der Waals surface area contributed by atoms with E-state index in [0.29, 0.717) is 5.56 Å². The predicted octanol–water partition coefficient (Wildman–Crippen LogP) is 0.259. The summed E-state index contributed by atoms with van der Waals surface area (Å²) in [6.45, 7) is 1.52. The molecule has 0 amide bonds. The summed E-state index contributed by atoms with van der Waals surface area (Å²) in [5.74, 6) is -2.64. The first-order valence-corrected chi connectivity index (χ1v) is 10.7. The van der Waals surface area contributed by atoms with E-state index in [-0.39, 0.29) is 41.6 Å². The van der Waals surface area contributed by atoms with Gasteiger partial charge in [0.05, 0.1) is 13.0 Å². The van der Waals surface area contributed by atoms with Gasteiger partial charge < -0.3 is 49.6 Å². The minimum Gasteiger partial charge on any atom is -0.508 e. The van der Waals surface area contributed by atoms with Gasteiger partial charge in [-0.15, -0.1) is 0 Å². The van der Waals surface area contributed by atoms with Crippen LogP contribution in [0.3, 0.4) is 0 Å². The Balaban J connectivity index is 1.60. The van der Waals surface area contributed by atoms with E-state index < -0.39 is 54.3 Å². The standard InChI is InChI=1S/C23H24O12/c1-2-32-22(31)21-19(29)18(28)20(30)23(35-21)33-12-6-13(26)17-14(27)8-15(34-16(17)7-12)9-3-10(24)5-11(25)4-9/h3-7,15,18-21,23-26,28-30H,2,8H2,1H3/t15-,18-,19-,20+,21-,23+/m0/s1. The molecule has 6 N–H and O–H groups in total. The fourth-order valence-corrected chi connectivity index (χ4v) is 3.97. The van der Waals surface area contributed by atoms with Crippen LogP contribution in [-0.2, 0) is 14.3 Å². The van der Waals surface area contributed by atoms with Crippen molar-refractivity contribution in [1.29, 1.82) is 0 Å². The van der Waals surface area contributed by atoms with Crippen molar-refractivity contribution in [2.24, 2.45) is 0 Å². The second kappa shape index (κ2) is 9.58. The summed E-state index contributed by atoms with van der Waals surface area (Å²) < 4.78 is 21.5. The molecule has 1 saturated heterocycles. The molecule has 1 fully saturated rings. The largest absolute Gasteiger partial charge is 0.508 e. The van der Waals surface area contributed by atoms with E-state index in [1.807, 2.05) is 0 Å². The van der Waals surface area contributed by atoms with Crippen LogP contribution < -0.4 is 9.47 Å². The zero-order chi connectivity index (χ0) is 25.4. The highest BCUT2D eigenvalue weighted by Crippen LogP contribution is 2.43. The van der Waals surface area contributed by atoms with Gasteiger partial charge in [-0.25, -0.2) is 4.79 Å². The number of esters is 1. The fraction of sp³-hybridized carbons (Fsp3) is 0.391. The molecular weight excluding hydrogens is 468 g/mol. The lowest BCUT2D eigenvalue weighted by atomic mass is 9.95. The maximum Gasteiger partial charge on any atom is 0.338 e. The molecule has 2 aliphatic rings. The van der Waals surface area contributed by atoms with E-state index in [1.165, 1.54) is 25.1 Å². The third kappa shape index (κ3) is 4.82. The van der Waals surface area contributed by atoms with Gasteiger partial charge >= 0.3 is 5.97 Å². The van der Waals surface area contributed by atoms with Crippen LogP contribution in [0.15, 0.2) is 30.3 Å². The van der Waals surface area contributed by atoms with E-state index in [9.17, 15) is 40.2 Å². The molecule has 0 bridgehead atoms. The number of rotatable bonds is 5. The maximum absolute atomic E-state index is 12.7. The van der Waals surface area contributed by atoms with Crippen molar-refractivity contribution < 1.29 is 59.2 Å². The minimum absolute atomic E-state index is 0.0161. The van der Waals surface area contributed by atoms with Crippen molar-refractivity contribution in [3.8, 4) is 28.7 Å². The van der Waals surface area contributed by atoms with Crippen molar-refractivity contribution in [3.63, 3.8) is 0 Å². The summed E-state index contributed by atoms with van der Waals surface area (Å²) in [6, 6.07) is 6.04. The monoisotopic (exact) mass is 492 g/mol. The first-order valence-electron chi connectivity index (χ1n) is 10.7. The molecule has 0 radical (unpaired) electrons. The van der Waals surface area contributed by atoms with E-state index in [2.05, 4.69) is 0 Å². The van der Waals surface area contributed by atoms with E-state index in [4.69, 9.17) is 18.9 Å². The number of ketones is 1. The normalized spacial score (nSPS) is 28.1. The number of phenolic OH excluding ortho intramolecular Hbond substituents is 3. The van der Waals surface area contributed by atoms with Gasteiger partial charge in [0, 0.05) is 23.8 Å². The molecule has 6 atom stereocenters. The fourth-order valence-electron chi connectivity index (χ4n) is 3.97. The Labute approximate surface area is 198 Å². The number of hydrogen-bond acceptors (Lipinski definition) is 12. The van der Waals surface area contributed by atoms with Crippen molar-refractivity contribution in [2.45, 2.75) is 50.2 Å². The summed E-state index contributed by atoms with van der Waals surface area (Å²) in [4.78, 5) is 24.8. The molecule has 4 rings (SSSR count). The zero-order valence-corrected chi connectivity index (χ0v) is 18.4. The topological polar surface area (TPSA) is 192 Å². The summed E-state index contributed by atoms with van der Waals surface area (Å²) in [7, 11) is 0. The summed E-state index contributed by atoms with van der Waals surface area (Å²) >= 11 is 0. The number of hydrogen-bond donors (Lipinski definition) is 6. The Kier molecular flexibility index (Phi) is 6.72. The number of benzene rings is 2. The molecule has 0 unspecified atom stereocenters. The number of aliphatic hydroxyl groups excluding tert-OH is 3. The molecule has 2 aliphatic heterocycles. The lowest BCUT2D eigenvalue weighted by Crippen LogP contribution is -2.61. The SMILES string of the molecule is CCOC(=O)[C@H]1O[C@@H](Oc2cc(O)c3c(c2)O[C@H](c2cc(O)cc(O)c2)CC3=O)[C@H](O)[C@@H](O)[C@@H]1O. The number of ether oxygens (including phenoxy) is 4. The second-order valence-electron chi connectivity index (χ2n) is 8.10. The molecule has 2 aromatic rings. The molecule has 0 spiro atoms. The van der Waals surface area contributed by atoms with Crippen LogP contribution in [-0.4, -0.2) is 79.7 Å². The van der Waals surface area contributed by atoms with Crippen molar-refractivity contribution in [3.05, 3.63) is 41.5 Å². The summed E-state index contributed by atoms with van der Waals surface area (Å²) in [6.07, 6.45) is -9.75. The van der Waals surface area contributed by atoms with Gasteiger partial charge in [0.2, 0.25) is 6.29 Å². The highest BCUT2D eigenvalue weighted by Gasteiger charge is 2.48. The first-order chi connectivity index (χ1) is 16.6. The lowest BCUT2D eigenvalue weighted by Gasteiger charge is -2.39. The van der Waals surface area contributed by atoms with E-state index >= 15 is 0 Å². The number of fused-ring (bicyclic) bond motifs is 1. The molecule has 12 heteroatoms. The average molecular weight is 492 g/mol. The molecule has 0 saturated carbocycles. The Bertz CT molecular complexity index is 1110. The van der Waals surface area contributed by atoms with Crippen molar-refractivity contribution in [2.75, 3.05) is 6.61 Å². The van der Waals surface area contributed by atoms with Crippen LogP contribution in [0.2, 0.25) is 0 Å². The van der Waals surface area contributed by atoms with E-state index in [1.54, 1.807) is 0 Å². The Hall–Kier alpha value is -3.58. The number of aromatic hydroxyl groups is 3. The quantitative estimate of drug-likeness (QED) is 0.312. The van der Waals surface area contributed by atoms with Crippen molar-refractivity contribution in [1.82, 2.24) is 0 Å². The third-order valence-corrected chi connectivity index (χ3v) is 5.61. The van der Waals surface area contributed by atoms with Gasteiger partial charge in [-0.05, 0) is 19.1 Å². The van der Waals surface area contributed by atoms with Crippen LogP contribution in [0.5, 0.6) is 28.7 Å². The lowest BCUT2D eigenvalue weighted by molar-refractivity contribution is -0.272. The minimum atomic E-state index is -1.81. The smallest absolute Gasteiger partial charge is 0.338 e. The highest BCUT2D eigenvalue weighted by atomic mass is 16.7. The van der Waals surface area contributed by atoms with Crippen LogP contribution in [0.25, 0.3) is 0 Å². The van der Waals surface area contributed by atoms with Gasteiger partial charge in [0.1, 0.15) is 58.7 Å². The van der Waals surface area contributed by atoms with Crippen LogP contribution in [0.1, 0.15) is 35.4 Å². The molecule has 188 valence electrons. The van der Waals surface area contributed by atoms with E-state index in [0.717, 1.165) is 12.1 Å². The highest BCUT2D eigenvalue weighted by molar-refractivity contribution is 6.02. The summed E-state index contributed by atoms with van der Waals surface area (Å²) in [5.41, 5.74) is 0.190.